The van der Waals surface area contributed by atoms with Crippen LogP contribution in [0.3, 0.4) is 0 Å². The number of aliphatic carboxylic acids is 1. The molecule has 0 unspecified atom stereocenters. The minimum absolute atomic E-state index is 0.0636. The van der Waals surface area contributed by atoms with Crippen molar-refractivity contribution < 1.29 is 23.8 Å². The number of nitrogens with zero attached hydrogens (tertiary/aromatic N) is 2. The molecule has 8 heteroatoms. The molecule has 0 aliphatic heterocycles. The van der Waals surface area contributed by atoms with Crippen molar-refractivity contribution in [3.8, 4) is 22.9 Å². The first-order chi connectivity index (χ1) is 14.4. The van der Waals surface area contributed by atoms with Crippen LogP contribution < -0.4 is 14.9 Å². The number of ether oxygens (including phenoxy) is 2. The lowest BCUT2D eigenvalue weighted by atomic mass is 10.1. The number of carboxylic acids is 1. The fourth-order valence-corrected chi connectivity index (χ4v) is 3.08. The Morgan fingerprint density at radius 3 is 2.67 bits per heavy atom. The highest BCUT2D eigenvalue weighted by Crippen LogP contribution is 2.30. The first kappa shape index (κ1) is 19.3. The van der Waals surface area contributed by atoms with E-state index in [2.05, 4.69) is 5.10 Å². The minimum Gasteiger partial charge on any atom is -0.481 e. The van der Waals surface area contributed by atoms with Gasteiger partial charge in [0.1, 0.15) is 17.1 Å². The highest BCUT2D eigenvalue weighted by molar-refractivity contribution is 5.83. The maximum atomic E-state index is 13.0. The highest BCUT2D eigenvalue weighted by Gasteiger charge is 2.18. The molecular formula is C22H18N2O6. The molecule has 152 valence electrons. The zero-order chi connectivity index (χ0) is 21.3. The summed E-state index contributed by atoms with van der Waals surface area (Å²) in [6.07, 6.45) is 3.19. The largest absolute Gasteiger partial charge is 0.481 e. The summed E-state index contributed by atoms with van der Waals surface area (Å²) < 4.78 is 18.5. The first-order valence-corrected chi connectivity index (χ1v) is 9.13. The van der Waals surface area contributed by atoms with Gasteiger partial charge in [0.05, 0.1) is 23.5 Å². The maximum absolute atomic E-state index is 13.0. The van der Waals surface area contributed by atoms with Crippen molar-refractivity contribution >= 4 is 16.9 Å². The van der Waals surface area contributed by atoms with Gasteiger partial charge in [0, 0.05) is 5.56 Å². The van der Waals surface area contributed by atoms with Crippen LogP contribution in [0.4, 0.5) is 0 Å². The van der Waals surface area contributed by atoms with Crippen LogP contribution in [-0.4, -0.2) is 27.5 Å². The Bertz CT molecular complexity index is 1290. The van der Waals surface area contributed by atoms with Gasteiger partial charge in [-0.15, -0.1) is 0 Å². The predicted molar refractivity (Wildman–Crippen MR) is 109 cm³/mol. The van der Waals surface area contributed by atoms with Crippen LogP contribution in [0.15, 0.2) is 64.1 Å². The van der Waals surface area contributed by atoms with E-state index in [1.165, 1.54) is 12.3 Å². The van der Waals surface area contributed by atoms with Gasteiger partial charge in [-0.25, -0.2) is 9.48 Å². The van der Waals surface area contributed by atoms with Crippen LogP contribution in [0.5, 0.6) is 17.2 Å². The lowest BCUT2D eigenvalue weighted by molar-refractivity contribution is -0.139. The Hall–Kier alpha value is -4.07. The summed E-state index contributed by atoms with van der Waals surface area (Å²) in [5.41, 5.74) is 1.39. The zero-order valence-corrected chi connectivity index (χ0v) is 16.3. The molecule has 2 aromatic carbocycles. The van der Waals surface area contributed by atoms with Crippen molar-refractivity contribution in [1.29, 1.82) is 0 Å². The quantitative estimate of drug-likeness (QED) is 0.519. The standard InChI is InChI=1S/C22H18N2O6/c1-13-18(28-12-19(25)26)9-8-17-20(27)22(14(2)29-21(13)17)30-16-10-23-24(11-16)15-6-4-3-5-7-15/h3-11H,12H2,1-2H3,(H,25,26). The van der Waals surface area contributed by atoms with Crippen molar-refractivity contribution in [1.82, 2.24) is 9.78 Å². The van der Waals surface area contributed by atoms with E-state index in [4.69, 9.17) is 19.0 Å². The fraction of sp³-hybridized carbons (Fsp3) is 0.136. The van der Waals surface area contributed by atoms with Gasteiger partial charge < -0.3 is 19.0 Å². The van der Waals surface area contributed by atoms with Crippen molar-refractivity contribution in [3.05, 3.63) is 76.4 Å². The SMILES string of the molecule is Cc1oc2c(C)c(OCC(=O)O)ccc2c(=O)c1Oc1cnn(-c2ccccc2)c1. The number of aromatic nitrogens is 2. The number of rotatable bonds is 6. The van der Waals surface area contributed by atoms with Crippen LogP contribution >= 0.6 is 0 Å². The summed E-state index contributed by atoms with van der Waals surface area (Å²) in [6.45, 7) is 2.84. The number of aryl methyl sites for hydroxylation is 2. The molecule has 2 aromatic heterocycles. The van der Waals surface area contributed by atoms with E-state index in [0.29, 0.717) is 33.8 Å². The van der Waals surface area contributed by atoms with Gasteiger partial charge in [-0.2, -0.15) is 5.10 Å². The van der Waals surface area contributed by atoms with Crippen LogP contribution in [0, 0.1) is 13.8 Å². The van der Waals surface area contributed by atoms with Gasteiger partial charge in [0.15, 0.2) is 12.4 Å². The zero-order valence-electron chi connectivity index (χ0n) is 16.3. The van der Waals surface area contributed by atoms with E-state index in [-0.39, 0.29) is 11.2 Å². The summed E-state index contributed by atoms with van der Waals surface area (Å²) in [7, 11) is 0. The van der Waals surface area contributed by atoms with E-state index in [0.717, 1.165) is 5.69 Å². The third-order valence-corrected chi connectivity index (χ3v) is 4.53. The fourth-order valence-electron chi connectivity index (χ4n) is 3.08. The number of benzene rings is 2. The predicted octanol–water partition coefficient (Wildman–Crippen LogP) is 3.85. The Balaban J connectivity index is 1.69. The molecule has 0 spiro atoms. The number of hydrogen-bond acceptors (Lipinski definition) is 6. The van der Waals surface area contributed by atoms with Gasteiger partial charge in [-0.3, -0.25) is 4.79 Å². The molecule has 1 N–H and O–H groups in total. The van der Waals surface area contributed by atoms with Crippen LogP contribution in [0.2, 0.25) is 0 Å². The number of para-hydroxylation sites is 1. The third kappa shape index (κ3) is 3.62. The van der Waals surface area contributed by atoms with E-state index in [1.54, 1.807) is 30.8 Å². The van der Waals surface area contributed by atoms with Gasteiger partial charge in [0.25, 0.3) is 0 Å². The number of carboxylic acid groups (broad SMARTS) is 1. The molecule has 0 aliphatic rings. The second-order valence-corrected chi connectivity index (χ2v) is 6.62. The minimum atomic E-state index is -1.09. The van der Waals surface area contributed by atoms with Gasteiger partial charge in [-0.1, -0.05) is 18.2 Å². The molecule has 2 heterocycles. The molecule has 0 saturated heterocycles. The molecule has 0 bridgehead atoms. The summed E-state index contributed by atoms with van der Waals surface area (Å²) in [4.78, 5) is 23.8. The molecule has 4 aromatic rings. The van der Waals surface area contributed by atoms with E-state index in [9.17, 15) is 9.59 Å². The molecule has 0 fully saturated rings. The molecule has 0 radical (unpaired) electrons. The van der Waals surface area contributed by atoms with Crippen LogP contribution in [0.1, 0.15) is 11.3 Å². The van der Waals surface area contributed by atoms with Crippen molar-refractivity contribution in [2.75, 3.05) is 6.61 Å². The number of carbonyl (C=O) groups is 1. The third-order valence-electron chi connectivity index (χ3n) is 4.53. The Morgan fingerprint density at radius 1 is 1.17 bits per heavy atom. The summed E-state index contributed by atoms with van der Waals surface area (Å²) in [6, 6.07) is 12.6. The van der Waals surface area contributed by atoms with Crippen molar-refractivity contribution in [2.45, 2.75) is 13.8 Å². The topological polar surface area (TPSA) is 104 Å². The Morgan fingerprint density at radius 2 is 1.93 bits per heavy atom. The molecule has 0 saturated carbocycles. The molecule has 0 aliphatic carbocycles. The van der Waals surface area contributed by atoms with E-state index >= 15 is 0 Å². The number of hydrogen-bond donors (Lipinski definition) is 1. The summed E-state index contributed by atoms with van der Waals surface area (Å²) >= 11 is 0. The average Bonchev–Trinajstić information content (AvgIpc) is 3.20. The Kier molecular flexibility index (Phi) is 4.97. The van der Waals surface area contributed by atoms with Crippen molar-refractivity contribution in [2.24, 2.45) is 0 Å². The van der Waals surface area contributed by atoms with E-state index in [1.807, 2.05) is 30.3 Å². The second kappa shape index (κ2) is 7.75. The highest BCUT2D eigenvalue weighted by atomic mass is 16.5. The lowest BCUT2D eigenvalue weighted by Crippen LogP contribution is -2.11. The molecule has 0 atom stereocenters. The average molecular weight is 406 g/mol. The van der Waals surface area contributed by atoms with E-state index < -0.39 is 12.6 Å². The number of fused-ring (bicyclic) bond motifs is 1. The van der Waals surface area contributed by atoms with Crippen molar-refractivity contribution in [3.63, 3.8) is 0 Å². The molecule has 4 rings (SSSR count). The smallest absolute Gasteiger partial charge is 0.341 e. The molecule has 30 heavy (non-hydrogen) atoms. The van der Waals surface area contributed by atoms with Crippen LogP contribution in [0.25, 0.3) is 16.7 Å². The first-order valence-electron chi connectivity index (χ1n) is 9.13. The normalized spacial score (nSPS) is 10.9. The Labute approximate surface area is 170 Å². The van der Waals surface area contributed by atoms with Gasteiger partial charge >= 0.3 is 5.97 Å². The summed E-state index contributed by atoms with van der Waals surface area (Å²) in [5, 5.41) is 13.4. The molecular weight excluding hydrogens is 388 g/mol. The van der Waals surface area contributed by atoms with Gasteiger partial charge in [-0.05, 0) is 38.1 Å². The monoisotopic (exact) mass is 406 g/mol. The maximum Gasteiger partial charge on any atom is 0.341 e. The molecule has 0 amide bonds. The van der Waals surface area contributed by atoms with Crippen LogP contribution in [-0.2, 0) is 4.79 Å². The summed E-state index contributed by atoms with van der Waals surface area (Å²) in [5.74, 6) is -0.00363. The second-order valence-electron chi connectivity index (χ2n) is 6.62. The van der Waals surface area contributed by atoms with Gasteiger partial charge in [0.2, 0.25) is 11.2 Å². The lowest BCUT2D eigenvalue weighted by Gasteiger charge is -2.11. The molecule has 8 nitrogen and oxygen atoms in total.